The minimum absolute atomic E-state index is 0.294. The van der Waals surface area contributed by atoms with Gasteiger partial charge in [0.05, 0.1) is 0 Å². The number of hydrogen-bond donors (Lipinski definition) is 0. The maximum absolute atomic E-state index is 14.0. The highest BCUT2D eigenvalue weighted by molar-refractivity contribution is 5.23. The van der Waals surface area contributed by atoms with E-state index in [1.807, 2.05) is 0 Å². The molecule has 2 fully saturated rings. The predicted octanol–water partition coefficient (Wildman–Crippen LogP) is 7.24. The maximum atomic E-state index is 14.0. The van der Waals surface area contributed by atoms with Crippen LogP contribution in [0, 0.1) is 29.4 Å². The number of rotatable bonds is 5. The summed E-state index contributed by atoms with van der Waals surface area (Å²) in [6, 6.07) is 4.11. The Morgan fingerprint density at radius 2 is 1.50 bits per heavy atom. The molecule has 0 aliphatic heterocycles. The summed E-state index contributed by atoms with van der Waals surface area (Å²) in [6.07, 6.45) is 14.4. The van der Waals surface area contributed by atoms with Gasteiger partial charge in [-0.15, -0.1) is 0 Å². The molecule has 0 aromatic heterocycles. The summed E-state index contributed by atoms with van der Waals surface area (Å²) in [5.74, 6) is 2.20. The van der Waals surface area contributed by atoms with Crippen molar-refractivity contribution in [2.75, 3.05) is 0 Å². The molecule has 0 amide bonds. The zero-order valence-corrected chi connectivity index (χ0v) is 15.1. The predicted molar refractivity (Wildman–Crippen MR) is 96.0 cm³/mol. The third kappa shape index (κ3) is 4.37. The van der Waals surface area contributed by atoms with E-state index in [0.29, 0.717) is 5.92 Å². The molecule has 134 valence electrons. The Bertz CT molecular complexity index is 509. The first kappa shape index (κ1) is 17.9. The third-order valence-corrected chi connectivity index (χ3v) is 6.70. The van der Waals surface area contributed by atoms with Gasteiger partial charge < -0.3 is 0 Å². The van der Waals surface area contributed by atoms with E-state index < -0.39 is 5.82 Å². The molecular formula is C22H32F2. The fourth-order valence-electron chi connectivity index (χ4n) is 5.18. The van der Waals surface area contributed by atoms with E-state index >= 15 is 0 Å². The molecule has 2 heteroatoms. The standard InChI is InChI=1S/C22H32F2/c1-2-3-4-16-5-7-17(8-6-16)18-9-11-19(12-10-18)21-14-13-20(23)15-22(21)24/h13-19H,2-12H2,1H3/t16-,17-,18-,19-. The Hall–Kier alpha value is -0.920. The van der Waals surface area contributed by atoms with Crippen molar-refractivity contribution in [1.29, 1.82) is 0 Å². The van der Waals surface area contributed by atoms with Crippen molar-refractivity contribution in [2.24, 2.45) is 17.8 Å². The van der Waals surface area contributed by atoms with Crippen LogP contribution in [0.2, 0.25) is 0 Å². The molecule has 2 saturated carbocycles. The van der Waals surface area contributed by atoms with Crippen LogP contribution in [-0.4, -0.2) is 0 Å². The molecule has 0 N–H and O–H groups in total. The molecule has 0 heterocycles. The van der Waals surface area contributed by atoms with Gasteiger partial charge in [-0.25, -0.2) is 8.78 Å². The topological polar surface area (TPSA) is 0 Å². The molecule has 2 aliphatic carbocycles. The van der Waals surface area contributed by atoms with Gasteiger partial charge in [-0.2, -0.15) is 0 Å². The lowest BCUT2D eigenvalue weighted by Gasteiger charge is -2.38. The number of benzene rings is 1. The van der Waals surface area contributed by atoms with Crippen LogP contribution < -0.4 is 0 Å². The van der Waals surface area contributed by atoms with Crippen molar-refractivity contribution in [3.8, 4) is 0 Å². The van der Waals surface area contributed by atoms with E-state index in [4.69, 9.17) is 0 Å². The van der Waals surface area contributed by atoms with Gasteiger partial charge >= 0.3 is 0 Å². The summed E-state index contributed by atoms with van der Waals surface area (Å²) in [5.41, 5.74) is 0.734. The van der Waals surface area contributed by atoms with Crippen molar-refractivity contribution >= 4 is 0 Å². The van der Waals surface area contributed by atoms with Gasteiger partial charge in [0, 0.05) is 6.07 Å². The Balaban J connectivity index is 1.47. The highest BCUT2D eigenvalue weighted by Crippen LogP contribution is 2.44. The van der Waals surface area contributed by atoms with Gasteiger partial charge in [-0.1, -0.05) is 45.1 Å². The van der Waals surface area contributed by atoms with E-state index in [2.05, 4.69) is 6.92 Å². The van der Waals surface area contributed by atoms with Crippen LogP contribution in [0.3, 0.4) is 0 Å². The second-order valence-electron chi connectivity index (χ2n) is 8.20. The largest absolute Gasteiger partial charge is 0.207 e. The molecule has 0 bridgehead atoms. The summed E-state index contributed by atoms with van der Waals surface area (Å²) in [6.45, 7) is 2.29. The average molecular weight is 334 g/mol. The molecule has 2 aliphatic rings. The van der Waals surface area contributed by atoms with Crippen molar-refractivity contribution < 1.29 is 8.78 Å². The lowest BCUT2D eigenvalue weighted by molar-refractivity contribution is 0.155. The molecule has 0 atom stereocenters. The third-order valence-electron chi connectivity index (χ3n) is 6.70. The minimum atomic E-state index is -0.468. The highest BCUT2D eigenvalue weighted by atomic mass is 19.1. The molecule has 0 unspecified atom stereocenters. The fourth-order valence-corrected chi connectivity index (χ4v) is 5.18. The number of unbranched alkanes of at least 4 members (excludes halogenated alkanes) is 1. The van der Waals surface area contributed by atoms with E-state index in [-0.39, 0.29) is 5.82 Å². The lowest BCUT2D eigenvalue weighted by Crippen LogP contribution is -2.25. The fraction of sp³-hybridized carbons (Fsp3) is 0.727. The number of halogens is 2. The highest BCUT2D eigenvalue weighted by Gasteiger charge is 2.31. The van der Waals surface area contributed by atoms with E-state index in [1.54, 1.807) is 6.07 Å². The smallest absolute Gasteiger partial charge is 0.129 e. The van der Waals surface area contributed by atoms with Crippen molar-refractivity contribution in [3.05, 3.63) is 35.4 Å². The normalized spacial score (nSPS) is 31.1. The molecule has 0 saturated heterocycles. The summed E-state index contributed by atoms with van der Waals surface area (Å²) in [5, 5.41) is 0. The minimum Gasteiger partial charge on any atom is -0.207 e. The molecular weight excluding hydrogens is 302 g/mol. The second-order valence-corrected chi connectivity index (χ2v) is 8.20. The molecule has 1 aromatic carbocycles. The quantitative estimate of drug-likeness (QED) is 0.532. The van der Waals surface area contributed by atoms with Gasteiger partial charge in [0.2, 0.25) is 0 Å². The van der Waals surface area contributed by atoms with Crippen LogP contribution in [0.25, 0.3) is 0 Å². The van der Waals surface area contributed by atoms with E-state index in [1.165, 1.54) is 63.9 Å². The van der Waals surface area contributed by atoms with Crippen molar-refractivity contribution in [2.45, 2.75) is 83.5 Å². The maximum Gasteiger partial charge on any atom is 0.129 e. The Labute approximate surface area is 146 Å². The zero-order chi connectivity index (χ0) is 16.9. The monoisotopic (exact) mass is 334 g/mol. The van der Waals surface area contributed by atoms with Crippen LogP contribution in [0.15, 0.2) is 18.2 Å². The molecule has 0 spiro atoms. The van der Waals surface area contributed by atoms with Crippen LogP contribution in [0.5, 0.6) is 0 Å². The zero-order valence-electron chi connectivity index (χ0n) is 15.1. The lowest BCUT2D eigenvalue weighted by atomic mass is 9.68. The molecule has 24 heavy (non-hydrogen) atoms. The summed E-state index contributed by atoms with van der Waals surface area (Å²) in [7, 11) is 0. The molecule has 0 radical (unpaired) electrons. The van der Waals surface area contributed by atoms with E-state index in [0.717, 1.165) is 42.2 Å². The van der Waals surface area contributed by atoms with Crippen LogP contribution >= 0.6 is 0 Å². The molecule has 3 rings (SSSR count). The van der Waals surface area contributed by atoms with Gasteiger partial charge in [-0.05, 0) is 73.8 Å². The summed E-state index contributed by atoms with van der Waals surface area (Å²) in [4.78, 5) is 0. The second kappa shape index (κ2) is 8.45. The Kier molecular flexibility index (Phi) is 6.30. The van der Waals surface area contributed by atoms with Crippen molar-refractivity contribution in [3.63, 3.8) is 0 Å². The van der Waals surface area contributed by atoms with Gasteiger partial charge in [-0.3, -0.25) is 0 Å². The Morgan fingerprint density at radius 3 is 2.08 bits per heavy atom. The molecule has 1 aromatic rings. The first-order valence-corrected chi connectivity index (χ1v) is 10.1. The first-order valence-electron chi connectivity index (χ1n) is 10.1. The summed E-state index contributed by atoms with van der Waals surface area (Å²) >= 11 is 0. The summed E-state index contributed by atoms with van der Waals surface area (Å²) < 4.78 is 27.1. The van der Waals surface area contributed by atoms with Gasteiger partial charge in [0.25, 0.3) is 0 Å². The van der Waals surface area contributed by atoms with E-state index in [9.17, 15) is 8.78 Å². The Morgan fingerprint density at radius 1 is 0.875 bits per heavy atom. The van der Waals surface area contributed by atoms with Crippen LogP contribution in [0.4, 0.5) is 8.78 Å². The number of hydrogen-bond acceptors (Lipinski definition) is 0. The molecule has 0 nitrogen and oxygen atoms in total. The first-order chi connectivity index (χ1) is 11.7. The van der Waals surface area contributed by atoms with Crippen molar-refractivity contribution in [1.82, 2.24) is 0 Å². The van der Waals surface area contributed by atoms with Gasteiger partial charge in [0.1, 0.15) is 11.6 Å². The average Bonchev–Trinajstić information content (AvgIpc) is 2.61. The van der Waals surface area contributed by atoms with Crippen LogP contribution in [0.1, 0.15) is 89.0 Å². The van der Waals surface area contributed by atoms with Crippen LogP contribution in [-0.2, 0) is 0 Å². The SMILES string of the molecule is CCCC[C@H]1CC[C@H]([C@H]2CC[C@H](c3ccc(F)cc3F)CC2)CC1. The van der Waals surface area contributed by atoms with Gasteiger partial charge in [0.15, 0.2) is 0 Å².